The fourth-order valence-corrected chi connectivity index (χ4v) is 1.38. The molecule has 4 N–H and O–H groups in total. The molecule has 72 valence electrons. The van der Waals surface area contributed by atoms with Crippen molar-refractivity contribution < 1.29 is 8.78 Å². The Hall–Kier alpha value is -1.84. The third-order valence-electron chi connectivity index (χ3n) is 2.07. The summed E-state index contributed by atoms with van der Waals surface area (Å²) in [5.41, 5.74) is 10.9. The Kier molecular flexibility index (Phi) is 1.77. The topological polar surface area (TPSA) is 52.0 Å². The number of hydrogen-bond donors (Lipinski definition) is 2. The van der Waals surface area contributed by atoms with Gasteiger partial charge in [0.05, 0.1) is 5.69 Å². The highest BCUT2D eigenvalue weighted by atomic mass is 19.1. The maximum atomic E-state index is 13.4. The van der Waals surface area contributed by atoms with Crippen molar-refractivity contribution in [3.05, 3.63) is 35.9 Å². The molecule has 0 fully saturated rings. The number of rotatable bonds is 0. The molecule has 0 unspecified atom stereocenters. The molecule has 2 aromatic rings. The second-order valence-corrected chi connectivity index (χ2v) is 3.07. The Bertz CT molecular complexity index is 509. The molecule has 14 heavy (non-hydrogen) atoms. The minimum atomic E-state index is -0.610. The molecule has 0 aliphatic heterocycles. The number of fused-ring (bicyclic) bond motifs is 1. The normalized spacial score (nSPS) is 10.7. The van der Waals surface area contributed by atoms with E-state index < -0.39 is 11.6 Å². The van der Waals surface area contributed by atoms with Gasteiger partial charge in [0.1, 0.15) is 5.82 Å². The van der Waals surface area contributed by atoms with Crippen LogP contribution in [0.15, 0.2) is 24.3 Å². The Balaban J connectivity index is 2.94. The molecule has 0 aliphatic carbocycles. The average Bonchev–Trinajstić information content (AvgIpc) is 2.14. The van der Waals surface area contributed by atoms with Crippen molar-refractivity contribution in [2.75, 3.05) is 11.5 Å². The van der Waals surface area contributed by atoms with Crippen molar-refractivity contribution in [2.24, 2.45) is 0 Å². The van der Waals surface area contributed by atoms with Gasteiger partial charge in [-0.2, -0.15) is 0 Å². The van der Waals surface area contributed by atoms with Gasteiger partial charge in [-0.25, -0.2) is 8.78 Å². The van der Waals surface area contributed by atoms with Gasteiger partial charge in [0.25, 0.3) is 0 Å². The monoisotopic (exact) mass is 194 g/mol. The van der Waals surface area contributed by atoms with Crippen LogP contribution in [-0.4, -0.2) is 0 Å². The number of anilines is 2. The van der Waals surface area contributed by atoms with Crippen molar-refractivity contribution in [1.29, 1.82) is 0 Å². The van der Waals surface area contributed by atoms with Gasteiger partial charge >= 0.3 is 0 Å². The van der Waals surface area contributed by atoms with Gasteiger partial charge in [-0.15, -0.1) is 0 Å². The molecular formula is C10H8F2N2. The van der Waals surface area contributed by atoms with E-state index in [1.807, 2.05) is 0 Å². The van der Waals surface area contributed by atoms with Gasteiger partial charge in [0.2, 0.25) is 0 Å². The lowest BCUT2D eigenvalue weighted by molar-refractivity contribution is 0.621. The lowest BCUT2D eigenvalue weighted by atomic mass is 10.1. The van der Waals surface area contributed by atoms with Crippen LogP contribution < -0.4 is 11.5 Å². The molecule has 0 amide bonds. The molecule has 0 aromatic heterocycles. The van der Waals surface area contributed by atoms with E-state index in [0.29, 0.717) is 5.69 Å². The fraction of sp³-hybridized carbons (Fsp3) is 0. The molecule has 0 aliphatic rings. The Morgan fingerprint density at radius 1 is 0.929 bits per heavy atom. The van der Waals surface area contributed by atoms with Crippen molar-refractivity contribution >= 4 is 22.1 Å². The van der Waals surface area contributed by atoms with Gasteiger partial charge in [-0.3, -0.25) is 0 Å². The quantitative estimate of drug-likeness (QED) is 0.632. The first-order valence-electron chi connectivity index (χ1n) is 4.02. The molecule has 0 bridgehead atoms. The molecule has 0 saturated heterocycles. The number of benzene rings is 2. The Morgan fingerprint density at radius 3 is 2.36 bits per heavy atom. The zero-order valence-electron chi connectivity index (χ0n) is 7.22. The van der Waals surface area contributed by atoms with Crippen molar-refractivity contribution in [2.45, 2.75) is 0 Å². The van der Waals surface area contributed by atoms with Crippen LogP contribution in [0.25, 0.3) is 10.8 Å². The van der Waals surface area contributed by atoms with Crippen LogP contribution in [0.2, 0.25) is 0 Å². The lowest BCUT2D eigenvalue weighted by Gasteiger charge is -2.04. The number of nitrogen functional groups attached to an aromatic ring is 2. The fourth-order valence-electron chi connectivity index (χ4n) is 1.38. The summed E-state index contributed by atoms with van der Waals surface area (Å²) in [7, 11) is 0. The van der Waals surface area contributed by atoms with E-state index in [1.54, 1.807) is 0 Å². The molecular weight excluding hydrogens is 186 g/mol. The smallest absolute Gasteiger partial charge is 0.154 e. The SMILES string of the molecule is Nc1ccc2c(F)c(N)cc(F)c2c1. The van der Waals surface area contributed by atoms with Crippen molar-refractivity contribution in [1.82, 2.24) is 0 Å². The van der Waals surface area contributed by atoms with Crippen LogP contribution in [0.1, 0.15) is 0 Å². The second kappa shape index (κ2) is 2.83. The van der Waals surface area contributed by atoms with Crippen LogP contribution in [0.5, 0.6) is 0 Å². The first kappa shape index (κ1) is 8.74. The second-order valence-electron chi connectivity index (χ2n) is 3.07. The summed E-state index contributed by atoms with van der Waals surface area (Å²) >= 11 is 0. The maximum Gasteiger partial charge on any atom is 0.154 e. The first-order chi connectivity index (χ1) is 6.59. The minimum absolute atomic E-state index is 0.150. The Labute approximate surface area is 79.1 Å². The van der Waals surface area contributed by atoms with E-state index in [0.717, 1.165) is 6.07 Å². The van der Waals surface area contributed by atoms with E-state index in [9.17, 15) is 8.78 Å². The molecule has 2 nitrogen and oxygen atoms in total. The highest BCUT2D eigenvalue weighted by molar-refractivity contribution is 5.89. The molecule has 0 saturated carbocycles. The van der Waals surface area contributed by atoms with Gasteiger partial charge < -0.3 is 11.5 Å². The summed E-state index contributed by atoms with van der Waals surface area (Å²) in [6.07, 6.45) is 0. The summed E-state index contributed by atoms with van der Waals surface area (Å²) in [6.45, 7) is 0. The lowest BCUT2D eigenvalue weighted by Crippen LogP contribution is -1.95. The molecule has 0 spiro atoms. The third kappa shape index (κ3) is 1.16. The Morgan fingerprint density at radius 2 is 1.64 bits per heavy atom. The van der Waals surface area contributed by atoms with E-state index in [2.05, 4.69) is 0 Å². The largest absolute Gasteiger partial charge is 0.399 e. The van der Waals surface area contributed by atoms with E-state index in [-0.39, 0.29) is 16.5 Å². The van der Waals surface area contributed by atoms with Crippen molar-refractivity contribution in [3.8, 4) is 0 Å². The van der Waals surface area contributed by atoms with Crippen LogP contribution >= 0.6 is 0 Å². The predicted octanol–water partition coefficient (Wildman–Crippen LogP) is 2.28. The van der Waals surface area contributed by atoms with E-state index >= 15 is 0 Å². The highest BCUT2D eigenvalue weighted by Gasteiger charge is 2.09. The number of nitrogens with two attached hydrogens (primary N) is 2. The van der Waals surface area contributed by atoms with Crippen LogP contribution in [0.3, 0.4) is 0 Å². The highest BCUT2D eigenvalue weighted by Crippen LogP contribution is 2.27. The zero-order chi connectivity index (χ0) is 10.3. The molecule has 4 heteroatoms. The van der Waals surface area contributed by atoms with Crippen LogP contribution in [-0.2, 0) is 0 Å². The molecule has 0 heterocycles. The van der Waals surface area contributed by atoms with E-state index in [1.165, 1.54) is 18.2 Å². The summed E-state index contributed by atoms with van der Waals surface area (Å²) in [4.78, 5) is 0. The molecule has 2 rings (SSSR count). The summed E-state index contributed by atoms with van der Waals surface area (Å²) in [5, 5.41) is 0.299. The molecule has 2 aromatic carbocycles. The van der Waals surface area contributed by atoms with Crippen molar-refractivity contribution in [3.63, 3.8) is 0 Å². The van der Waals surface area contributed by atoms with Gasteiger partial charge in [-0.05, 0) is 18.2 Å². The van der Waals surface area contributed by atoms with Gasteiger partial charge in [-0.1, -0.05) is 0 Å². The minimum Gasteiger partial charge on any atom is -0.399 e. The molecule has 0 atom stereocenters. The summed E-state index contributed by atoms with van der Waals surface area (Å²) < 4.78 is 26.7. The predicted molar refractivity (Wildman–Crippen MR) is 52.7 cm³/mol. The first-order valence-corrected chi connectivity index (χ1v) is 4.02. The summed E-state index contributed by atoms with van der Waals surface area (Å²) in [5.74, 6) is -1.17. The van der Waals surface area contributed by atoms with Gasteiger partial charge in [0.15, 0.2) is 5.82 Å². The maximum absolute atomic E-state index is 13.4. The van der Waals surface area contributed by atoms with Crippen LogP contribution in [0, 0.1) is 11.6 Å². The molecule has 0 radical (unpaired) electrons. The average molecular weight is 194 g/mol. The number of hydrogen-bond acceptors (Lipinski definition) is 2. The standard InChI is InChI=1S/C10H8F2N2/c11-8-4-9(14)10(12)6-2-1-5(13)3-7(6)8/h1-4H,13-14H2. The summed E-state index contributed by atoms with van der Waals surface area (Å²) in [6, 6.07) is 5.26. The third-order valence-corrected chi connectivity index (χ3v) is 2.07. The zero-order valence-corrected chi connectivity index (χ0v) is 7.22. The van der Waals surface area contributed by atoms with E-state index in [4.69, 9.17) is 11.5 Å². The van der Waals surface area contributed by atoms with Gasteiger partial charge in [0, 0.05) is 22.5 Å². The number of halogens is 2. The van der Waals surface area contributed by atoms with Crippen LogP contribution in [0.4, 0.5) is 20.2 Å².